The number of aliphatic hydroxyl groups excluding tert-OH is 7. The Balaban J connectivity index is 1.77. The Hall–Kier alpha value is -2.28. The molecule has 15 nitrogen and oxygen atoms in total. The summed E-state index contributed by atoms with van der Waals surface area (Å²) in [5.41, 5.74) is 0. The van der Waals surface area contributed by atoms with E-state index < -0.39 is 92.7 Å². The number of hydrogen-bond donors (Lipinski definition) is 7. The summed E-state index contributed by atoms with van der Waals surface area (Å²) >= 11 is 0. The molecule has 0 aromatic carbocycles. The number of allylic oxidation sites excluding steroid dienone is 6. The van der Waals surface area contributed by atoms with Crippen LogP contribution < -0.4 is 0 Å². The van der Waals surface area contributed by atoms with Crippen molar-refractivity contribution >= 4 is 11.9 Å². The van der Waals surface area contributed by atoms with Crippen molar-refractivity contribution in [3.8, 4) is 0 Å². The summed E-state index contributed by atoms with van der Waals surface area (Å²) in [5, 5.41) is 72.2. The van der Waals surface area contributed by atoms with Gasteiger partial charge in [0.2, 0.25) is 0 Å². The highest BCUT2D eigenvalue weighted by Gasteiger charge is 2.47. The predicted molar refractivity (Wildman–Crippen MR) is 280 cm³/mol. The molecular formula is C57H102O15. The molecule has 2 aliphatic heterocycles. The summed E-state index contributed by atoms with van der Waals surface area (Å²) in [6, 6.07) is 0. The first-order valence-corrected chi connectivity index (χ1v) is 28.6. The highest BCUT2D eigenvalue weighted by Crippen LogP contribution is 2.27. The molecule has 2 rings (SSSR count). The van der Waals surface area contributed by atoms with Crippen molar-refractivity contribution in [2.75, 3.05) is 26.4 Å². The summed E-state index contributed by atoms with van der Waals surface area (Å²) in [6.07, 6.45) is 31.6. The maximum Gasteiger partial charge on any atom is 0.306 e. The summed E-state index contributed by atoms with van der Waals surface area (Å²) in [5.74, 6) is -0.941. The molecular weight excluding hydrogens is 925 g/mol. The number of unbranched alkanes of at least 4 members (excludes halogenated alkanes) is 25. The maximum atomic E-state index is 13.1. The Bertz CT molecular complexity index is 1390. The van der Waals surface area contributed by atoms with Crippen LogP contribution in [-0.2, 0) is 38.0 Å². The van der Waals surface area contributed by atoms with E-state index in [1.54, 1.807) is 0 Å². The average Bonchev–Trinajstić information content (AvgIpc) is 3.37. The molecule has 0 saturated carbocycles. The van der Waals surface area contributed by atoms with Crippen LogP contribution in [0.5, 0.6) is 0 Å². The quantitative estimate of drug-likeness (QED) is 0.0171. The minimum atomic E-state index is -1.77. The molecule has 0 spiro atoms. The Morgan fingerprint density at radius 3 is 1.33 bits per heavy atom. The number of rotatable bonds is 45. The Labute approximate surface area is 434 Å². The van der Waals surface area contributed by atoms with Crippen LogP contribution in [0.4, 0.5) is 0 Å². The fraction of sp³-hybridized carbons (Fsp3) is 0.860. The molecule has 11 atom stereocenters. The van der Waals surface area contributed by atoms with Gasteiger partial charge >= 0.3 is 11.9 Å². The highest BCUT2D eigenvalue weighted by atomic mass is 16.7. The van der Waals surface area contributed by atoms with E-state index >= 15 is 0 Å². The maximum absolute atomic E-state index is 13.1. The SMILES string of the molecule is CCCCC/C=C/C/C=C/C/C=C/CCCCCCC(=O)OC[C@H](CO[C@H]1O[C@@H](CO[C@H]2O[C@@H](CO)[C@@H](O)C(O)C2O)[C@@H](O)C(O)C1O)OC(=O)CCCCCCCCCCCCCCCCCCCCC. The molecule has 2 saturated heterocycles. The largest absolute Gasteiger partial charge is 0.462 e. The lowest BCUT2D eigenvalue weighted by Gasteiger charge is -2.42. The van der Waals surface area contributed by atoms with Crippen LogP contribution in [0.25, 0.3) is 0 Å². The van der Waals surface area contributed by atoms with Gasteiger partial charge in [-0.1, -0.05) is 192 Å². The fourth-order valence-electron chi connectivity index (χ4n) is 8.93. The smallest absolute Gasteiger partial charge is 0.306 e. The molecule has 420 valence electrons. The zero-order valence-electron chi connectivity index (χ0n) is 44.7. The third kappa shape index (κ3) is 30.9. The Morgan fingerprint density at radius 1 is 0.444 bits per heavy atom. The fourth-order valence-corrected chi connectivity index (χ4v) is 8.93. The van der Waals surface area contributed by atoms with Crippen LogP contribution in [0.15, 0.2) is 36.5 Å². The minimum Gasteiger partial charge on any atom is -0.462 e. The van der Waals surface area contributed by atoms with E-state index in [0.717, 1.165) is 64.2 Å². The van der Waals surface area contributed by atoms with Gasteiger partial charge in [-0.2, -0.15) is 0 Å². The lowest BCUT2D eigenvalue weighted by molar-refractivity contribution is -0.332. The van der Waals surface area contributed by atoms with Gasteiger partial charge in [-0.05, 0) is 51.4 Å². The molecule has 0 aromatic rings. The van der Waals surface area contributed by atoms with Gasteiger partial charge in [0, 0.05) is 12.8 Å². The average molecular weight is 1030 g/mol. The second kappa shape index (κ2) is 43.9. The first-order valence-electron chi connectivity index (χ1n) is 28.6. The van der Waals surface area contributed by atoms with Crippen molar-refractivity contribution in [1.29, 1.82) is 0 Å². The third-order valence-electron chi connectivity index (χ3n) is 13.6. The molecule has 0 amide bonds. The van der Waals surface area contributed by atoms with Gasteiger partial charge in [-0.3, -0.25) is 9.59 Å². The second-order valence-electron chi connectivity index (χ2n) is 20.1. The Kier molecular flexibility index (Phi) is 40.1. The van der Waals surface area contributed by atoms with Crippen LogP contribution in [0.3, 0.4) is 0 Å². The number of hydrogen-bond acceptors (Lipinski definition) is 15. The van der Waals surface area contributed by atoms with Crippen molar-refractivity contribution < 1.29 is 73.8 Å². The van der Waals surface area contributed by atoms with Crippen LogP contribution in [0.1, 0.15) is 219 Å². The third-order valence-corrected chi connectivity index (χ3v) is 13.6. The number of aliphatic hydroxyl groups is 7. The van der Waals surface area contributed by atoms with E-state index in [4.69, 9.17) is 28.4 Å². The van der Waals surface area contributed by atoms with Gasteiger partial charge in [0.25, 0.3) is 0 Å². The minimum absolute atomic E-state index is 0.164. The number of carbonyl (C=O) groups excluding carboxylic acids is 2. The van der Waals surface area contributed by atoms with E-state index in [2.05, 4.69) is 50.3 Å². The van der Waals surface area contributed by atoms with Crippen LogP contribution in [-0.4, -0.2) is 142 Å². The zero-order valence-corrected chi connectivity index (χ0v) is 44.7. The molecule has 2 fully saturated rings. The summed E-state index contributed by atoms with van der Waals surface area (Å²) in [6.45, 7) is 2.57. The molecule has 0 bridgehead atoms. The lowest BCUT2D eigenvalue weighted by atomic mass is 9.98. The van der Waals surface area contributed by atoms with Crippen LogP contribution in [0, 0.1) is 0 Å². The predicted octanol–water partition coefficient (Wildman–Crippen LogP) is 9.27. The molecule has 72 heavy (non-hydrogen) atoms. The zero-order chi connectivity index (χ0) is 52.4. The topological polar surface area (TPSA) is 231 Å². The van der Waals surface area contributed by atoms with Gasteiger partial charge in [0.05, 0.1) is 19.8 Å². The van der Waals surface area contributed by atoms with Gasteiger partial charge in [0.1, 0.15) is 55.4 Å². The van der Waals surface area contributed by atoms with Gasteiger partial charge in [-0.15, -0.1) is 0 Å². The molecule has 0 aliphatic carbocycles. The van der Waals surface area contributed by atoms with Gasteiger partial charge in [-0.25, -0.2) is 0 Å². The van der Waals surface area contributed by atoms with Crippen molar-refractivity contribution in [1.82, 2.24) is 0 Å². The summed E-state index contributed by atoms with van der Waals surface area (Å²) in [7, 11) is 0. The van der Waals surface area contributed by atoms with E-state index in [9.17, 15) is 45.3 Å². The summed E-state index contributed by atoms with van der Waals surface area (Å²) in [4.78, 5) is 25.9. The number of ether oxygens (including phenoxy) is 6. The first-order chi connectivity index (χ1) is 35.0. The van der Waals surface area contributed by atoms with Crippen LogP contribution in [0.2, 0.25) is 0 Å². The normalized spacial score (nSPS) is 25.2. The van der Waals surface area contributed by atoms with E-state index in [0.29, 0.717) is 12.8 Å². The molecule has 4 unspecified atom stereocenters. The first kappa shape index (κ1) is 65.8. The molecule has 7 N–H and O–H groups in total. The van der Waals surface area contributed by atoms with Crippen LogP contribution >= 0.6 is 0 Å². The van der Waals surface area contributed by atoms with Gasteiger partial charge < -0.3 is 64.2 Å². The molecule has 0 radical (unpaired) electrons. The second-order valence-corrected chi connectivity index (χ2v) is 20.1. The number of esters is 2. The van der Waals surface area contributed by atoms with Crippen molar-refractivity contribution in [3.05, 3.63) is 36.5 Å². The van der Waals surface area contributed by atoms with Crippen molar-refractivity contribution in [2.24, 2.45) is 0 Å². The standard InChI is InChI=1S/C57H102O15/c1-3-5-7-9-11-13-15-17-19-21-22-24-26-28-30-32-34-36-38-40-49(60)70-45(42-67-48(59)39-37-35-33-31-29-27-25-23-20-18-16-14-12-10-8-6-4-2)43-68-56-55(66)53(64)51(62)47(72-56)44-69-57-54(65)52(63)50(61)46(41-58)71-57/h12,14,18,20,25,27,45-47,50-58,61-66H,3-11,13,15-17,19,21-24,26,28-44H2,1-2H3/b14-12+,20-18+,27-25+/t45-,46+,47+,50-,51-,52?,53?,54?,55?,56+,57+/m1/s1. The molecule has 2 heterocycles. The van der Waals surface area contributed by atoms with Gasteiger partial charge in [0.15, 0.2) is 18.7 Å². The molecule has 15 heteroatoms. The summed E-state index contributed by atoms with van der Waals surface area (Å²) < 4.78 is 33.7. The molecule has 2 aliphatic rings. The van der Waals surface area contributed by atoms with E-state index in [1.807, 2.05) is 0 Å². The van der Waals surface area contributed by atoms with E-state index in [-0.39, 0.29) is 26.1 Å². The van der Waals surface area contributed by atoms with Crippen molar-refractivity contribution in [3.63, 3.8) is 0 Å². The monoisotopic (exact) mass is 1030 g/mol. The molecule has 0 aromatic heterocycles. The van der Waals surface area contributed by atoms with Crippen molar-refractivity contribution in [2.45, 2.75) is 287 Å². The van der Waals surface area contributed by atoms with E-state index in [1.165, 1.54) is 116 Å². The lowest BCUT2D eigenvalue weighted by Crippen LogP contribution is -2.61. The highest BCUT2D eigenvalue weighted by molar-refractivity contribution is 5.70. The Morgan fingerprint density at radius 2 is 0.833 bits per heavy atom. The number of carbonyl (C=O) groups is 2.